The molecule has 1 aliphatic rings. The van der Waals surface area contributed by atoms with Crippen molar-refractivity contribution in [2.24, 2.45) is 0 Å². The van der Waals surface area contributed by atoms with Gasteiger partial charge in [-0.2, -0.15) is 0 Å². The summed E-state index contributed by atoms with van der Waals surface area (Å²) in [5, 5.41) is 10.3. The van der Waals surface area contributed by atoms with Crippen molar-refractivity contribution < 1.29 is 9.84 Å². The zero-order valence-electron chi connectivity index (χ0n) is 16.1. The molecule has 6 heteroatoms. The van der Waals surface area contributed by atoms with Gasteiger partial charge < -0.3 is 14.7 Å². The Morgan fingerprint density at radius 2 is 1.96 bits per heavy atom. The maximum atomic E-state index is 10.3. The molecule has 0 bridgehead atoms. The summed E-state index contributed by atoms with van der Waals surface area (Å²) in [6.07, 6.45) is 8.48. The SMILES string of the molecule is CN(Cc1cnccn1)Cc1ccccc1OCC(O)CN1CCCCC1. The van der Waals surface area contributed by atoms with Gasteiger partial charge in [-0.1, -0.05) is 24.6 Å². The van der Waals surface area contributed by atoms with Crippen LogP contribution in [-0.2, 0) is 13.1 Å². The maximum absolute atomic E-state index is 10.3. The molecular formula is C21H30N4O2. The molecule has 1 atom stereocenters. The first-order valence-corrected chi connectivity index (χ1v) is 9.75. The van der Waals surface area contributed by atoms with Gasteiger partial charge in [0, 0.05) is 43.8 Å². The Bertz CT molecular complexity index is 677. The zero-order chi connectivity index (χ0) is 18.9. The van der Waals surface area contributed by atoms with E-state index in [1.165, 1.54) is 19.3 Å². The fourth-order valence-corrected chi connectivity index (χ4v) is 3.49. The zero-order valence-corrected chi connectivity index (χ0v) is 16.1. The predicted octanol–water partition coefficient (Wildman–Crippen LogP) is 2.33. The van der Waals surface area contributed by atoms with E-state index < -0.39 is 6.10 Å². The average Bonchev–Trinajstić information content (AvgIpc) is 2.69. The summed E-state index contributed by atoms with van der Waals surface area (Å²) in [7, 11) is 2.05. The highest BCUT2D eigenvalue weighted by molar-refractivity contribution is 5.33. The first kappa shape index (κ1) is 19.7. The number of aliphatic hydroxyl groups excluding tert-OH is 1. The Balaban J connectivity index is 1.50. The third-order valence-electron chi connectivity index (χ3n) is 4.81. The standard InChI is InChI=1S/C21H30N4O2/c1-24(15-19-13-22-9-10-23-19)14-18-7-3-4-8-21(18)27-17-20(26)16-25-11-5-2-6-12-25/h3-4,7-10,13,20,26H,2,5-6,11-12,14-17H2,1H3. The fraction of sp³-hybridized carbons (Fsp3) is 0.524. The van der Waals surface area contributed by atoms with Gasteiger partial charge in [0.05, 0.1) is 5.69 Å². The van der Waals surface area contributed by atoms with E-state index in [2.05, 4.69) is 32.9 Å². The number of piperidine rings is 1. The van der Waals surface area contributed by atoms with Crippen molar-refractivity contribution in [3.05, 3.63) is 54.1 Å². The largest absolute Gasteiger partial charge is 0.491 e. The van der Waals surface area contributed by atoms with Gasteiger partial charge in [-0.3, -0.25) is 14.9 Å². The van der Waals surface area contributed by atoms with Crippen LogP contribution < -0.4 is 4.74 Å². The topological polar surface area (TPSA) is 61.7 Å². The quantitative estimate of drug-likeness (QED) is 0.731. The number of aromatic nitrogens is 2. The average molecular weight is 370 g/mol. The molecule has 2 heterocycles. The molecule has 2 aromatic rings. The minimum absolute atomic E-state index is 0.321. The summed E-state index contributed by atoms with van der Waals surface area (Å²) >= 11 is 0. The van der Waals surface area contributed by atoms with Gasteiger partial charge in [0.15, 0.2) is 0 Å². The van der Waals surface area contributed by atoms with E-state index >= 15 is 0 Å². The first-order chi connectivity index (χ1) is 13.2. The van der Waals surface area contributed by atoms with Crippen LogP contribution >= 0.6 is 0 Å². The lowest BCUT2D eigenvalue weighted by Gasteiger charge is -2.28. The smallest absolute Gasteiger partial charge is 0.123 e. The van der Waals surface area contributed by atoms with Gasteiger partial charge >= 0.3 is 0 Å². The lowest BCUT2D eigenvalue weighted by Crippen LogP contribution is -2.38. The van der Waals surface area contributed by atoms with E-state index in [1.807, 2.05) is 18.2 Å². The molecular weight excluding hydrogens is 340 g/mol. The molecule has 3 rings (SSSR count). The number of hydrogen-bond acceptors (Lipinski definition) is 6. The second-order valence-corrected chi connectivity index (χ2v) is 7.30. The van der Waals surface area contributed by atoms with Gasteiger partial charge in [-0.15, -0.1) is 0 Å². The van der Waals surface area contributed by atoms with Crippen LogP contribution in [0, 0.1) is 0 Å². The van der Waals surface area contributed by atoms with Crippen LogP contribution in [0.3, 0.4) is 0 Å². The van der Waals surface area contributed by atoms with Gasteiger partial charge in [0.25, 0.3) is 0 Å². The molecule has 6 nitrogen and oxygen atoms in total. The summed E-state index contributed by atoms with van der Waals surface area (Å²) in [5.41, 5.74) is 2.05. The van der Waals surface area contributed by atoms with Crippen LogP contribution in [0.5, 0.6) is 5.75 Å². The van der Waals surface area contributed by atoms with E-state index in [0.29, 0.717) is 13.2 Å². The van der Waals surface area contributed by atoms with Crippen molar-refractivity contribution in [2.45, 2.75) is 38.5 Å². The van der Waals surface area contributed by atoms with Crippen molar-refractivity contribution >= 4 is 0 Å². The number of para-hydroxylation sites is 1. The lowest BCUT2D eigenvalue weighted by molar-refractivity contribution is 0.0612. The molecule has 1 fully saturated rings. The van der Waals surface area contributed by atoms with Crippen LogP contribution in [0.4, 0.5) is 0 Å². The monoisotopic (exact) mass is 370 g/mol. The fourth-order valence-electron chi connectivity index (χ4n) is 3.49. The van der Waals surface area contributed by atoms with Crippen molar-refractivity contribution in [3.8, 4) is 5.75 Å². The number of likely N-dealkylation sites (tertiary alicyclic amines) is 1. The minimum Gasteiger partial charge on any atom is -0.491 e. The van der Waals surface area contributed by atoms with E-state index in [1.54, 1.807) is 18.6 Å². The maximum Gasteiger partial charge on any atom is 0.123 e. The molecule has 0 aliphatic carbocycles. The molecule has 0 saturated carbocycles. The number of nitrogens with zero attached hydrogens (tertiary/aromatic N) is 4. The molecule has 1 unspecified atom stereocenters. The van der Waals surface area contributed by atoms with Gasteiger partial charge in [0.2, 0.25) is 0 Å². The van der Waals surface area contributed by atoms with E-state index in [0.717, 1.165) is 43.2 Å². The van der Waals surface area contributed by atoms with E-state index in [9.17, 15) is 5.11 Å². The molecule has 1 aromatic carbocycles. The molecule has 27 heavy (non-hydrogen) atoms. The molecule has 0 amide bonds. The summed E-state index contributed by atoms with van der Waals surface area (Å²) in [4.78, 5) is 12.9. The molecule has 1 aromatic heterocycles. The van der Waals surface area contributed by atoms with Crippen LogP contribution in [0.2, 0.25) is 0 Å². The van der Waals surface area contributed by atoms with Crippen molar-refractivity contribution in [1.29, 1.82) is 0 Å². The second-order valence-electron chi connectivity index (χ2n) is 7.30. The Labute approximate surface area is 161 Å². The van der Waals surface area contributed by atoms with Crippen molar-refractivity contribution in [3.63, 3.8) is 0 Å². The highest BCUT2D eigenvalue weighted by Gasteiger charge is 2.16. The van der Waals surface area contributed by atoms with E-state index in [4.69, 9.17) is 4.74 Å². The summed E-state index contributed by atoms with van der Waals surface area (Å²) in [6, 6.07) is 8.03. The Hall–Kier alpha value is -2.02. The molecule has 0 radical (unpaired) electrons. The van der Waals surface area contributed by atoms with Crippen LogP contribution in [0.25, 0.3) is 0 Å². The highest BCUT2D eigenvalue weighted by atomic mass is 16.5. The summed E-state index contributed by atoms with van der Waals surface area (Å²) in [6.45, 7) is 4.65. The second kappa shape index (κ2) is 10.3. The third-order valence-corrected chi connectivity index (χ3v) is 4.81. The van der Waals surface area contributed by atoms with Crippen LogP contribution in [0.15, 0.2) is 42.9 Å². The van der Waals surface area contributed by atoms with Crippen LogP contribution in [-0.4, -0.2) is 64.3 Å². The van der Waals surface area contributed by atoms with Gasteiger partial charge in [-0.25, -0.2) is 0 Å². The predicted molar refractivity (Wildman–Crippen MR) is 105 cm³/mol. The van der Waals surface area contributed by atoms with Crippen LogP contribution in [0.1, 0.15) is 30.5 Å². The number of aliphatic hydroxyl groups is 1. The summed E-state index contributed by atoms with van der Waals surface area (Å²) < 4.78 is 5.96. The molecule has 146 valence electrons. The molecule has 1 N–H and O–H groups in total. The summed E-state index contributed by atoms with van der Waals surface area (Å²) in [5.74, 6) is 0.834. The van der Waals surface area contributed by atoms with E-state index in [-0.39, 0.29) is 0 Å². The minimum atomic E-state index is -0.464. The number of β-amino-alcohol motifs (C(OH)–C–C–N with tert-alkyl or cyclic N) is 1. The number of ether oxygens (including phenoxy) is 1. The number of benzene rings is 1. The first-order valence-electron chi connectivity index (χ1n) is 9.75. The van der Waals surface area contributed by atoms with Crippen molar-refractivity contribution in [1.82, 2.24) is 19.8 Å². The number of hydrogen-bond donors (Lipinski definition) is 1. The number of rotatable bonds is 9. The third kappa shape index (κ3) is 6.57. The molecule has 1 aliphatic heterocycles. The van der Waals surface area contributed by atoms with Gasteiger partial charge in [0.1, 0.15) is 18.5 Å². The molecule has 0 spiro atoms. The van der Waals surface area contributed by atoms with Gasteiger partial charge in [-0.05, 0) is 39.0 Å². The highest BCUT2D eigenvalue weighted by Crippen LogP contribution is 2.20. The normalized spacial score (nSPS) is 16.4. The Morgan fingerprint density at radius 1 is 1.15 bits per heavy atom. The Kier molecular flexibility index (Phi) is 7.56. The Morgan fingerprint density at radius 3 is 2.74 bits per heavy atom. The van der Waals surface area contributed by atoms with Crippen molar-refractivity contribution in [2.75, 3.05) is 33.3 Å². The molecule has 1 saturated heterocycles. The lowest BCUT2D eigenvalue weighted by atomic mass is 10.1.